The maximum absolute atomic E-state index is 17.1. The molecule has 4 nitrogen and oxygen atoms in total. The van der Waals surface area contributed by atoms with E-state index in [9.17, 15) is 15.0 Å². The third-order valence-electron chi connectivity index (χ3n) is 9.04. The van der Waals surface area contributed by atoms with Gasteiger partial charge in [0.1, 0.15) is 5.60 Å². The Hall–Kier alpha value is -1.04. The lowest BCUT2D eigenvalue weighted by molar-refractivity contribution is -0.218. The average molecular weight is 424 g/mol. The average Bonchev–Trinajstić information content (AvgIpc) is 2.89. The summed E-state index contributed by atoms with van der Waals surface area (Å²) in [4.78, 5) is 16.9. The predicted molar refractivity (Wildman–Crippen MR) is 112 cm³/mol. The Kier molecular flexibility index (Phi) is 4.74. The summed E-state index contributed by atoms with van der Waals surface area (Å²) in [7, 11) is 1.71. The van der Waals surface area contributed by atoms with E-state index >= 15 is 4.39 Å². The number of rotatable bonds is 2. The smallest absolute Gasteiger partial charge is 0.179 e. The molecule has 0 amide bonds. The molecule has 0 radical (unpaired) electrons. The molecule has 0 saturated heterocycles. The molecule has 29 heavy (non-hydrogen) atoms. The van der Waals surface area contributed by atoms with E-state index in [-0.39, 0.29) is 24.1 Å². The Bertz CT molecular complexity index is 840. The van der Waals surface area contributed by atoms with Gasteiger partial charge in [-0.3, -0.25) is 9.79 Å². The number of carbonyl (C=O) groups is 1. The summed E-state index contributed by atoms with van der Waals surface area (Å²) in [6, 6.07) is 0. The van der Waals surface area contributed by atoms with Crippen LogP contribution in [0.3, 0.4) is 0 Å². The van der Waals surface area contributed by atoms with E-state index in [1.54, 1.807) is 7.05 Å². The van der Waals surface area contributed by atoms with Gasteiger partial charge in [-0.05, 0) is 56.6 Å². The van der Waals surface area contributed by atoms with Gasteiger partial charge < -0.3 is 10.2 Å². The van der Waals surface area contributed by atoms with Crippen molar-refractivity contribution in [1.82, 2.24) is 0 Å². The first-order valence-corrected chi connectivity index (χ1v) is 11.1. The summed E-state index contributed by atoms with van der Waals surface area (Å²) in [5, 5.41) is 22.8. The molecular formula is C23H31ClFNO3. The van der Waals surface area contributed by atoms with Gasteiger partial charge in [0.25, 0.3) is 0 Å². The van der Waals surface area contributed by atoms with Crippen LogP contribution in [0.5, 0.6) is 0 Å². The molecule has 4 aliphatic rings. The van der Waals surface area contributed by atoms with Crippen molar-refractivity contribution < 1.29 is 19.4 Å². The number of halogens is 2. The van der Waals surface area contributed by atoms with Crippen LogP contribution in [0.1, 0.15) is 46.5 Å². The minimum absolute atomic E-state index is 0.0412. The largest absolute Gasteiger partial charge is 0.390 e. The number of hydrogen-bond acceptors (Lipinski definition) is 4. The van der Waals surface area contributed by atoms with Gasteiger partial charge in [0.05, 0.1) is 17.7 Å². The van der Waals surface area contributed by atoms with Crippen LogP contribution in [0.25, 0.3) is 0 Å². The lowest BCUT2D eigenvalue weighted by Gasteiger charge is -2.62. The van der Waals surface area contributed by atoms with Gasteiger partial charge >= 0.3 is 0 Å². The zero-order valence-electron chi connectivity index (χ0n) is 17.6. The van der Waals surface area contributed by atoms with Crippen LogP contribution in [0, 0.1) is 28.6 Å². The number of Topliss-reactive ketones (excluding diaryl/α,β-unsaturated/α-hetero) is 1. The molecule has 0 spiro atoms. The summed E-state index contributed by atoms with van der Waals surface area (Å²) < 4.78 is 17.1. The summed E-state index contributed by atoms with van der Waals surface area (Å²) >= 11 is 5.85. The summed E-state index contributed by atoms with van der Waals surface area (Å²) in [6.07, 6.45) is 6.24. The first-order valence-electron chi connectivity index (χ1n) is 10.6. The molecule has 0 heterocycles. The topological polar surface area (TPSA) is 69.9 Å². The van der Waals surface area contributed by atoms with Crippen molar-refractivity contribution in [3.63, 3.8) is 0 Å². The molecule has 8 atom stereocenters. The number of alkyl halides is 2. The molecule has 0 aromatic heterocycles. The minimum atomic E-state index is -1.86. The van der Waals surface area contributed by atoms with Gasteiger partial charge in [-0.1, -0.05) is 25.5 Å². The van der Waals surface area contributed by atoms with Crippen LogP contribution in [-0.2, 0) is 4.79 Å². The van der Waals surface area contributed by atoms with E-state index in [4.69, 9.17) is 11.6 Å². The van der Waals surface area contributed by atoms with Crippen molar-refractivity contribution in [3.8, 4) is 0 Å². The van der Waals surface area contributed by atoms with E-state index in [0.717, 1.165) is 11.3 Å². The predicted octanol–water partition coefficient (Wildman–Crippen LogP) is 3.64. The van der Waals surface area contributed by atoms with Crippen molar-refractivity contribution in [1.29, 1.82) is 0 Å². The molecule has 0 aromatic carbocycles. The second-order valence-corrected chi connectivity index (χ2v) is 10.2. The summed E-state index contributed by atoms with van der Waals surface area (Å²) in [6.45, 7) is 5.57. The number of nitrogens with zero attached hydrogens (tertiary/aromatic N) is 1. The van der Waals surface area contributed by atoms with Crippen molar-refractivity contribution in [2.24, 2.45) is 33.6 Å². The SMILES string of the molecule is C/N=C1\C=C[C@@]2(C)C(=C1)CC[C@H]1[C@@H]3C[C@H](C)[C@](O)(C(=O)CCl)[C@@]3(C)C[C@H](O)[C@@]12F. The Morgan fingerprint density at radius 3 is 2.69 bits per heavy atom. The normalized spacial score (nSPS) is 52.6. The molecule has 4 aliphatic carbocycles. The van der Waals surface area contributed by atoms with Crippen LogP contribution in [0.15, 0.2) is 28.8 Å². The number of fused-ring (bicyclic) bond motifs is 5. The van der Waals surface area contributed by atoms with Crippen molar-refractivity contribution in [2.45, 2.75) is 63.8 Å². The summed E-state index contributed by atoms with van der Waals surface area (Å²) in [5.41, 5.74) is -3.55. The van der Waals surface area contributed by atoms with E-state index < -0.39 is 39.9 Å². The molecule has 0 aliphatic heterocycles. The van der Waals surface area contributed by atoms with Crippen LogP contribution in [-0.4, -0.2) is 52.0 Å². The Morgan fingerprint density at radius 1 is 1.38 bits per heavy atom. The fraction of sp³-hybridized carbons (Fsp3) is 0.739. The lowest BCUT2D eigenvalue weighted by Crippen LogP contribution is -2.69. The van der Waals surface area contributed by atoms with E-state index in [1.165, 1.54) is 0 Å². The first kappa shape index (κ1) is 21.2. The summed E-state index contributed by atoms with van der Waals surface area (Å²) in [5.74, 6) is -1.67. The number of aliphatic hydroxyl groups excluding tert-OH is 1. The second kappa shape index (κ2) is 6.48. The van der Waals surface area contributed by atoms with E-state index in [2.05, 4.69) is 4.99 Å². The number of hydrogen-bond donors (Lipinski definition) is 2. The highest BCUT2D eigenvalue weighted by Gasteiger charge is 2.75. The van der Waals surface area contributed by atoms with E-state index in [1.807, 2.05) is 39.0 Å². The van der Waals surface area contributed by atoms with Crippen LogP contribution in [0.2, 0.25) is 0 Å². The lowest BCUT2D eigenvalue weighted by atomic mass is 9.44. The number of aliphatic hydroxyl groups is 2. The molecular weight excluding hydrogens is 393 g/mol. The van der Waals surface area contributed by atoms with Gasteiger partial charge in [-0.2, -0.15) is 0 Å². The molecule has 3 fully saturated rings. The fourth-order valence-corrected chi connectivity index (χ4v) is 7.60. The third-order valence-corrected chi connectivity index (χ3v) is 9.28. The van der Waals surface area contributed by atoms with Crippen LogP contribution >= 0.6 is 11.6 Å². The minimum Gasteiger partial charge on any atom is -0.390 e. The fourth-order valence-electron chi connectivity index (χ4n) is 7.39. The number of aliphatic imine (C=N–C) groups is 1. The second-order valence-electron chi connectivity index (χ2n) is 9.97. The van der Waals surface area contributed by atoms with Crippen LogP contribution < -0.4 is 0 Å². The third kappa shape index (κ3) is 2.33. The molecule has 0 aromatic rings. The molecule has 0 bridgehead atoms. The zero-order valence-corrected chi connectivity index (χ0v) is 18.3. The molecule has 160 valence electrons. The van der Waals surface area contributed by atoms with Gasteiger partial charge in [0, 0.05) is 23.8 Å². The number of allylic oxidation sites excluding steroid dienone is 4. The molecule has 4 rings (SSSR count). The first-order chi connectivity index (χ1) is 13.5. The van der Waals surface area contributed by atoms with Crippen molar-refractivity contribution in [2.75, 3.05) is 12.9 Å². The van der Waals surface area contributed by atoms with Crippen molar-refractivity contribution in [3.05, 3.63) is 23.8 Å². The van der Waals surface area contributed by atoms with Gasteiger partial charge in [0.2, 0.25) is 0 Å². The number of carbonyl (C=O) groups excluding carboxylic acids is 1. The monoisotopic (exact) mass is 423 g/mol. The Morgan fingerprint density at radius 2 is 2.07 bits per heavy atom. The Labute approximate surface area is 176 Å². The Balaban J connectivity index is 1.83. The molecule has 3 saturated carbocycles. The highest BCUT2D eigenvalue weighted by molar-refractivity contribution is 6.29. The van der Waals surface area contributed by atoms with Gasteiger partial charge in [-0.25, -0.2) is 4.39 Å². The van der Waals surface area contributed by atoms with Crippen molar-refractivity contribution >= 4 is 23.1 Å². The molecule has 6 heteroatoms. The quantitative estimate of drug-likeness (QED) is 0.666. The maximum atomic E-state index is 17.1. The number of ketones is 1. The van der Waals surface area contributed by atoms with Gasteiger partial charge in [0.15, 0.2) is 11.5 Å². The van der Waals surface area contributed by atoms with E-state index in [0.29, 0.717) is 19.3 Å². The highest BCUT2D eigenvalue weighted by atomic mass is 35.5. The maximum Gasteiger partial charge on any atom is 0.179 e. The standard InChI is InChI=1S/C23H31ClFNO3/c1-13-9-17-16-6-5-14-10-15(26-4)7-8-20(14,2)22(16,25)18(27)11-21(17,3)23(13,29)19(28)12-24/h7-8,10,13,16-18,27,29H,5-6,9,11-12H2,1-4H3/b26-15+/t13-,16-,17-,18-,20-,21-,22-,23-/m0/s1. The molecule has 2 N–H and O–H groups in total. The molecule has 0 unspecified atom stereocenters. The highest BCUT2D eigenvalue weighted by Crippen LogP contribution is 2.70. The van der Waals surface area contributed by atoms with Crippen LogP contribution in [0.4, 0.5) is 4.39 Å². The zero-order chi connectivity index (χ0) is 21.4. The van der Waals surface area contributed by atoms with Gasteiger partial charge in [-0.15, -0.1) is 11.6 Å².